The molecule has 2 unspecified atom stereocenters. The summed E-state index contributed by atoms with van der Waals surface area (Å²) in [7, 11) is 4.29. The average molecular weight is 421 g/mol. The van der Waals surface area contributed by atoms with Crippen molar-refractivity contribution < 1.29 is 33.3 Å². The summed E-state index contributed by atoms with van der Waals surface area (Å²) in [6.45, 7) is 0. The lowest BCUT2D eigenvalue weighted by Crippen LogP contribution is -2.43. The predicted octanol–water partition coefficient (Wildman–Crippen LogP) is 3.19. The first-order valence-electron chi connectivity index (χ1n) is 8.63. The Labute approximate surface area is 171 Å². The number of amides is 1. The molecule has 0 radical (unpaired) electrons. The molecule has 154 valence electrons. The van der Waals surface area contributed by atoms with Crippen molar-refractivity contribution in [3.63, 3.8) is 0 Å². The molecule has 29 heavy (non-hydrogen) atoms. The number of carboxylic acid groups (broad SMARTS) is 1. The van der Waals surface area contributed by atoms with Crippen LogP contribution in [0.15, 0.2) is 36.4 Å². The quantitative estimate of drug-likeness (QED) is 0.767. The molecule has 0 bridgehead atoms. The van der Waals surface area contributed by atoms with Crippen LogP contribution in [0.5, 0.6) is 17.2 Å². The zero-order chi connectivity index (χ0) is 21.1. The van der Waals surface area contributed by atoms with Crippen molar-refractivity contribution in [2.24, 2.45) is 0 Å². The van der Waals surface area contributed by atoms with Gasteiger partial charge in [-0.05, 0) is 29.8 Å². The standard InChI is InChI=1S/C20H20FNO6S/c1-26-15-8-12(9-16(27-2)17(15)28-3)18(23)22-14(20(24)25)10-29-19(22)11-5-4-6-13(21)7-11/h4-9,14,19H,10H2,1-3H3,(H,24,25). The number of thioether (sulfide) groups is 1. The van der Waals surface area contributed by atoms with E-state index in [4.69, 9.17) is 14.2 Å². The van der Waals surface area contributed by atoms with Crippen molar-refractivity contribution >= 4 is 23.6 Å². The highest BCUT2D eigenvalue weighted by Gasteiger charge is 2.43. The summed E-state index contributed by atoms with van der Waals surface area (Å²) in [5.41, 5.74) is 0.689. The second-order valence-corrected chi connectivity index (χ2v) is 7.33. The first kappa shape index (κ1) is 20.8. The smallest absolute Gasteiger partial charge is 0.327 e. The fourth-order valence-electron chi connectivity index (χ4n) is 3.22. The van der Waals surface area contributed by atoms with Gasteiger partial charge in [0.25, 0.3) is 5.91 Å². The van der Waals surface area contributed by atoms with Crippen molar-refractivity contribution in [3.8, 4) is 17.2 Å². The van der Waals surface area contributed by atoms with Gasteiger partial charge in [-0.15, -0.1) is 11.8 Å². The Hall–Kier alpha value is -2.94. The predicted molar refractivity (Wildman–Crippen MR) is 105 cm³/mol. The van der Waals surface area contributed by atoms with Gasteiger partial charge in [0.2, 0.25) is 5.75 Å². The second kappa shape index (κ2) is 8.60. The third kappa shape index (κ3) is 3.95. The maximum absolute atomic E-state index is 13.7. The maximum Gasteiger partial charge on any atom is 0.327 e. The fourth-order valence-corrected chi connectivity index (χ4v) is 4.63. The van der Waals surface area contributed by atoms with E-state index in [1.807, 2.05) is 0 Å². The van der Waals surface area contributed by atoms with E-state index < -0.39 is 29.1 Å². The lowest BCUT2D eigenvalue weighted by atomic mass is 10.1. The molecule has 0 spiro atoms. The minimum absolute atomic E-state index is 0.176. The number of carboxylic acids is 1. The van der Waals surface area contributed by atoms with Gasteiger partial charge in [0.15, 0.2) is 11.5 Å². The number of aliphatic carboxylic acids is 1. The molecular weight excluding hydrogens is 401 g/mol. The Morgan fingerprint density at radius 3 is 2.28 bits per heavy atom. The molecule has 1 saturated heterocycles. The van der Waals surface area contributed by atoms with Crippen LogP contribution < -0.4 is 14.2 Å². The van der Waals surface area contributed by atoms with Crippen molar-refractivity contribution in [1.82, 2.24) is 4.90 Å². The number of rotatable bonds is 6. The van der Waals surface area contributed by atoms with Gasteiger partial charge in [-0.1, -0.05) is 12.1 Å². The van der Waals surface area contributed by atoms with E-state index in [-0.39, 0.29) is 22.8 Å². The summed E-state index contributed by atoms with van der Waals surface area (Å²) in [6.07, 6.45) is 0. The SMILES string of the molecule is COc1cc(C(=O)N2C(C(=O)O)CSC2c2cccc(F)c2)cc(OC)c1OC. The third-order valence-corrected chi connectivity index (χ3v) is 5.89. The highest BCUT2D eigenvalue weighted by Crippen LogP contribution is 2.44. The fraction of sp³-hybridized carbons (Fsp3) is 0.300. The Balaban J connectivity index is 2.07. The van der Waals surface area contributed by atoms with Gasteiger partial charge in [-0.25, -0.2) is 9.18 Å². The number of carbonyl (C=O) groups excluding carboxylic acids is 1. The molecule has 7 nitrogen and oxygen atoms in total. The van der Waals surface area contributed by atoms with E-state index >= 15 is 0 Å². The molecule has 1 aliphatic rings. The first-order valence-corrected chi connectivity index (χ1v) is 9.68. The van der Waals surface area contributed by atoms with Gasteiger partial charge in [-0.2, -0.15) is 0 Å². The zero-order valence-corrected chi connectivity index (χ0v) is 16.9. The monoisotopic (exact) mass is 421 g/mol. The summed E-state index contributed by atoms with van der Waals surface area (Å²) >= 11 is 1.27. The Kier molecular flexibility index (Phi) is 6.17. The van der Waals surface area contributed by atoms with Crippen LogP contribution in [-0.4, -0.2) is 55.0 Å². The number of methoxy groups -OCH3 is 3. The third-order valence-electron chi connectivity index (χ3n) is 4.57. The van der Waals surface area contributed by atoms with Crippen LogP contribution in [0, 0.1) is 5.82 Å². The van der Waals surface area contributed by atoms with Gasteiger partial charge < -0.3 is 24.2 Å². The molecule has 1 N–H and O–H groups in total. The van der Waals surface area contributed by atoms with Gasteiger partial charge in [-0.3, -0.25) is 4.79 Å². The van der Waals surface area contributed by atoms with Crippen LogP contribution in [0.25, 0.3) is 0 Å². The lowest BCUT2D eigenvalue weighted by Gasteiger charge is -2.28. The summed E-state index contributed by atoms with van der Waals surface area (Å²) in [6, 6.07) is 7.67. The molecule has 3 rings (SSSR count). The Morgan fingerprint density at radius 2 is 1.76 bits per heavy atom. The lowest BCUT2D eigenvalue weighted by molar-refractivity contribution is -0.141. The summed E-state index contributed by atoms with van der Waals surface area (Å²) < 4.78 is 29.6. The van der Waals surface area contributed by atoms with Crippen LogP contribution in [0.2, 0.25) is 0 Å². The number of halogens is 1. The summed E-state index contributed by atoms with van der Waals surface area (Å²) in [5.74, 6) is -1.06. The van der Waals surface area contributed by atoms with Gasteiger partial charge in [0, 0.05) is 11.3 Å². The van der Waals surface area contributed by atoms with E-state index in [0.717, 1.165) is 0 Å². The van der Waals surface area contributed by atoms with Crippen molar-refractivity contribution in [2.75, 3.05) is 27.1 Å². The molecule has 0 saturated carbocycles. The molecule has 1 heterocycles. The number of hydrogen-bond acceptors (Lipinski definition) is 6. The number of hydrogen-bond donors (Lipinski definition) is 1. The molecule has 2 atom stereocenters. The molecule has 1 fully saturated rings. The van der Waals surface area contributed by atoms with Crippen LogP contribution in [0.3, 0.4) is 0 Å². The minimum Gasteiger partial charge on any atom is -0.493 e. The molecule has 1 amide bonds. The molecule has 0 aliphatic carbocycles. The van der Waals surface area contributed by atoms with Gasteiger partial charge in [0.1, 0.15) is 17.2 Å². The van der Waals surface area contributed by atoms with Gasteiger partial charge in [0.05, 0.1) is 21.3 Å². The number of ether oxygens (including phenoxy) is 3. The second-order valence-electron chi connectivity index (χ2n) is 6.22. The molecule has 2 aromatic rings. The molecular formula is C20H20FNO6S. The van der Waals surface area contributed by atoms with Crippen molar-refractivity contribution in [3.05, 3.63) is 53.3 Å². The van der Waals surface area contributed by atoms with E-state index in [0.29, 0.717) is 11.3 Å². The zero-order valence-electron chi connectivity index (χ0n) is 16.0. The van der Waals surface area contributed by atoms with Crippen LogP contribution in [-0.2, 0) is 4.79 Å². The van der Waals surface area contributed by atoms with Crippen molar-refractivity contribution in [2.45, 2.75) is 11.4 Å². The van der Waals surface area contributed by atoms with E-state index in [9.17, 15) is 19.1 Å². The van der Waals surface area contributed by atoms with Crippen LogP contribution >= 0.6 is 11.8 Å². The molecule has 9 heteroatoms. The number of benzene rings is 2. The minimum atomic E-state index is -1.13. The molecule has 1 aliphatic heterocycles. The van der Waals surface area contributed by atoms with E-state index in [2.05, 4.69) is 0 Å². The van der Waals surface area contributed by atoms with E-state index in [1.54, 1.807) is 6.07 Å². The Bertz CT molecular complexity index is 912. The summed E-state index contributed by atoms with van der Waals surface area (Å²) in [4.78, 5) is 26.4. The molecule has 2 aromatic carbocycles. The highest BCUT2D eigenvalue weighted by molar-refractivity contribution is 7.99. The topological polar surface area (TPSA) is 85.3 Å². The Morgan fingerprint density at radius 1 is 1.10 bits per heavy atom. The average Bonchev–Trinajstić information content (AvgIpc) is 3.17. The molecule has 0 aromatic heterocycles. The summed E-state index contributed by atoms with van der Waals surface area (Å²) in [5, 5.41) is 8.99. The highest BCUT2D eigenvalue weighted by atomic mass is 32.2. The number of nitrogens with zero attached hydrogens (tertiary/aromatic N) is 1. The van der Waals surface area contributed by atoms with Gasteiger partial charge >= 0.3 is 5.97 Å². The van der Waals surface area contributed by atoms with Crippen LogP contribution in [0.1, 0.15) is 21.3 Å². The maximum atomic E-state index is 13.7. The normalized spacial score (nSPS) is 18.4. The van der Waals surface area contributed by atoms with Crippen LogP contribution in [0.4, 0.5) is 4.39 Å². The van der Waals surface area contributed by atoms with E-state index in [1.165, 1.54) is 68.3 Å². The van der Waals surface area contributed by atoms with Crippen molar-refractivity contribution in [1.29, 1.82) is 0 Å². The number of carbonyl (C=O) groups is 2. The first-order chi connectivity index (χ1) is 13.9. The largest absolute Gasteiger partial charge is 0.493 e.